The van der Waals surface area contributed by atoms with Gasteiger partial charge >= 0.3 is 0 Å². The van der Waals surface area contributed by atoms with Crippen LogP contribution in [0.3, 0.4) is 0 Å². The molecule has 0 saturated carbocycles. The molecule has 0 aromatic rings. The molecule has 1 atom stereocenters. The van der Waals surface area contributed by atoms with Crippen LogP contribution in [0.1, 0.15) is 60.3 Å². The van der Waals surface area contributed by atoms with Crippen LogP contribution in [0.2, 0.25) is 0 Å². The summed E-state index contributed by atoms with van der Waals surface area (Å²) in [6.07, 6.45) is 3.53. The van der Waals surface area contributed by atoms with Crippen molar-refractivity contribution in [2.24, 2.45) is 11.3 Å². The SMILES string of the molecule is CC(C)C(CCCCC(C)(C)C)S(=O)(=O)O. The van der Waals surface area contributed by atoms with E-state index in [0.29, 0.717) is 11.8 Å². The summed E-state index contributed by atoms with van der Waals surface area (Å²) in [5.41, 5.74) is 0.297. The molecule has 0 aliphatic rings. The highest BCUT2D eigenvalue weighted by Crippen LogP contribution is 2.24. The lowest BCUT2D eigenvalue weighted by atomic mass is 9.89. The monoisotopic (exact) mass is 250 g/mol. The van der Waals surface area contributed by atoms with Gasteiger partial charge in [-0.1, -0.05) is 47.5 Å². The predicted octanol–water partition coefficient (Wildman–Crippen LogP) is 3.51. The number of hydrogen-bond acceptors (Lipinski definition) is 2. The van der Waals surface area contributed by atoms with Gasteiger partial charge in [0.2, 0.25) is 0 Å². The Balaban J connectivity index is 4.07. The molecule has 0 aromatic carbocycles. The van der Waals surface area contributed by atoms with Crippen LogP contribution in [0.5, 0.6) is 0 Å². The smallest absolute Gasteiger partial charge is 0.268 e. The Labute approximate surface area is 100 Å². The van der Waals surface area contributed by atoms with Crippen molar-refractivity contribution < 1.29 is 13.0 Å². The summed E-state index contributed by atoms with van der Waals surface area (Å²) >= 11 is 0. The van der Waals surface area contributed by atoms with E-state index in [-0.39, 0.29) is 5.92 Å². The van der Waals surface area contributed by atoms with Gasteiger partial charge < -0.3 is 0 Å². The number of unbranched alkanes of at least 4 members (excludes halogenated alkanes) is 1. The third-order valence-electron chi connectivity index (χ3n) is 2.79. The van der Waals surface area contributed by atoms with Crippen molar-refractivity contribution in [1.29, 1.82) is 0 Å². The number of hydrogen-bond donors (Lipinski definition) is 1. The molecule has 0 rings (SSSR count). The molecule has 4 heteroatoms. The fourth-order valence-electron chi connectivity index (χ4n) is 1.83. The summed E-state index contributed by atoms with van der Waals surface area (Å²) in [7, 11) is -3.88. The van der Waals surface area contributed by atoms with Crippen LogP contribution in [0, 0.1) is 11.3 Å². The van der Waals surface area contributed by atoms with Gasteiger partial charge in [-0.05, 0) is 24.2 Å². The van der Waals surface area contributed by atoms with Gasteiger partial charge in [-0.25, -0.2) is 0 Å². The Hall–Kier alpha value is -0.0900. The summed E-state index contributed by atoms with van der Waals surface area (Å²) in [6.45, 7) is 10.2. The average Bonchev–Trinajstić information content (AvgIpc) is 1.97. The maximum atomic E-state index is 11.1. The molecule has 98 valence electrons. The van der Waals surface area contributed by atoms with Crippen molar-refractivity contribution >= 4 is 10.1 Å². The molecular weight excluding hydrogens is 224 g/mol. The van der Waals surface area contributed by atoms with Gasteiger partial charge in [0.25, 0.3) is 10.1 Å². The molecule has 3 nitrogen and oxygen atoms in total. The molecule has 0 radical (unpaired) electrons. The average molecular weight is 250 g/mol. The van der Waals surface area contributed by atoms with E-state index in [4.69, 9.17) is 4.55 Å². The van der Waals surface area contributed by atoms with Gasteiger partial charge in [0.1, 0.15) is 0 Å². The molecule has 1 N–H and O–H groups in total. The summed E-state index contributed by atoms with van der Waals surface area (Å²) < 4.78 is 31.3. The first kappa shape index (κ1) is 15.9. The van der Waals surface area contributed by atoms with Gasteiger partial charge in [-0.15, -0.1) is 0 Å². The van der Waals surface area contributed by atoms with E-state index in [0.717, 1.165) is 19.3 Å². The Bertz CT molecular complexity index is 286. The minimum Gasteiger partial charge on any atom is -0.285 e. The van der Waals surface area contributed by atoms with Gasteiger partial charge in [0.15, 0.2) is 0 Å². The second-order valence-electron chi connectivity index (χ2n) is 6.10. The Morgan fingerprint density at radius 3 is 1.94 bits per heavy atom. The van der Waals surface area contributed by atoms with Gasteiger partial charge in [0, 0.05) is 0 Å². The fourth-order valence-corrected chi connectivity index (χ4v) is 2.98. The van der Waals surface area contributed by atoms with Crippen molar-refractivity contribution in [3.05, 3.63) is 0 Å². The quantitative estimate of drug-likeness (QED) is 0.580. The van der Waals surface area contributed by atoms with Crippen LogP contribution < -0.4 is 0 Å². The molecule has 0 aromatic heterocycles. The Morgan fingerprint density at radius 2 is 1.62 bits per heavy atom. The highest BCUT2D eigenvalue weighted by atomic mass is 32.2. The lowest BCUT2D eigenvalue weighted by Gasteiger charge is -2.20. The summed E-state index contributed by atoms with van der Waals surface area (Å²) in [5.74, 6) is -0.0235. The van der Waals surface area contributed by atoms with Crippen molar-refractivity contribution in [3.63, 3.8) is 0 Å². The molecule has 0 aliphatic carbocycles. The van der Waals surface area contributed by atoms with E-state index >= 15 is 0 Å². The number of rotatable bonds is 6. The molecule has 0 aliphatic heterocycles. The lowest BCUT2D eigenvalue weighted by molar-refractivity contribution is 0.351. The topological polar surface area (TPSA) is 54.4 Å². The van der Waals surface area contributed by atoms with E-state index in [9.17, 15) is 8.42 Å². The molecule has 0 amide bonds. The lowest BCUT2D eigenvalue weighted by Crippen LogP contribution is -2.26. The molecule has 0 bridgehead atoms. The molecule has 0 fully saturated rings. The van der Waals surface area contributed by atoms with Crippen LogP contribution >= 0.6 is 0 Å². The van der Waals surface area contributed by atoms with Crippen molar-refractivity contribution in [1.82, 2.24) is 0 Å². The first-order valence-electron chi connectivity index (χ1n) is 6.00. The summed E-state index contributed by atoms with van der Waals surface area (Å²) in [6, 6.07) is 0. The Kier molecular flexibility index (Phi) is 5.98. The zero-order chi connectivity index (χ0) is 13.0. The molecule has 16 heavy (non-hydrogen) atoms. The molecular formula is C12H26O3S. The zero-order valence-electron chi connectivity index (χ0n) is 11.2. The van der Waals surface area contributed by atoms with Crippen LogP contribution in [-0.4, -0.2) is 18.2 Å². The van der Waals surface area contributed by atoms with Crippen LogP contribution in [-0.2, 0) is 10.1 Å². The fraction of sp³-hybridized carbons (Fsp3) is 1.00. The highest BCUT2D eigenvalue weighted by Gasteiger charge is 2.25. The van der Waals surface area contributed by atoms with Crippen molar-refractivity contribution in [2.75, 3.05) is 0 Å². The van der Waals surface area contributed by atoms with Crippen molar-refractivity contribution in [2.45, 2.75) is 65.6 Å². The van der Waals surface area contributed by atoms with E-state index < -0.39 is 15.4 Å². The third kappa shape index (κ3) is 7.23. The summed E-state index contributed by atoms with van der Waals surface area (Å²) in [4.78, 5) is 0. The highest BCUT2D eigenvalue weighted by molar-refractivity contribution is 7.86. The second kappa shape index (κ2) is 6.01. The normalized spacial score (nSPS) is 15.4. The van der Waals surface area contributed by atoms with Crippen LogP contribution in [0.15, 0.2) is 0 Å². The van der Waals surface area contributed by atoms with Gasteiger partial charge in [-0.2, -0.15) is 8.42 Å². The van der Waals surface area contributed by atoms with Crippen LogP contribution in [0.4, 0.5) is 0 Å². The first-order chi connectivity index (χ1) is 7.04. The Morgan fingerprint density at radius 1 is 1.12 bits per heavy atom. The largest absolute Gasteiger partial charge is 0.285 e. The second-order valence-corrected chi connectivity index (χ2v) is 7.74. The molecule has 0 heterocycles. The molecule has 0 saturated heterocycles. The van der Waals surface area contributed by atoms with E-state index in [1.807, 2.05) is 13.8 Å². The van der Waals surface area contributed by atoms with Crippen LogP contribution in [0.25, 0.3) is 0 Å². The van der Waals surface area contributed by atoms with E-state index in [1.54, 1.807) is 0 Å². The summed E-state index contributed by atoms with van der Waals surface area (Å²) in [5, 5.41) is -0.604. The van der Waals surface area contributed by atoms with Gasteiger partial charge in [0.05, 0.1) is 5.25 Å². The standard InChI is InChI=1S/C12H26O3S/c1-10(2)11(16(13,14)15)8-6-7-9-12(3,4)5/h10-11H,6-9H2,1-5H3,(H,13,14,15). The van der Waals surface area contributed by atoms with Gasteiger partial charge in [-0.3, -0.25) is 4.55 Å². The zero-order valence-corrected chi connectivity index (χ0v) is 12.0. The maximum Gasteiger partial charge on any atom is 0.268 e. The predicted molar refractivity (Wildman–Crippen MR) is 68.1 cm³/mol. The third-order valence-corrected chi connectivity index (χ3v) is 4.34. The maximum absolute atomic E-state index is 11.1. The molecule has 1 unspecified atom stereocenters. The minimum absolute atomic E-state index is 0.0235. The van der Waals surface area contributed by atoms with E-state index in [1.165, 1.54) is 0 Å². The van der Waals surface area contributed by atoms with E-state index in [2.05, 4.69) is 20.8 Å². The minimum atomic E-state index is -3.88. The van der Waals surface area contributed by atoms with Crippen molar-refractivity contribution in [3.8, 4) is 0 Å². The molecule has 0 spiro atoms. The first-order valence-corrected chi connectivity index (χ1v) is 7.50.